The zero-order valence-corrected chi connectivity index (χ0v) is 11.8. The molecule has 20 heavy (non-hydrogen) atoms. The minimum atomic E-state index is -0.457. The minimum Gasteiger partial charge on any atom is -0.261 e. The second-order valence-corrected chi connectivity index (χ2v) is 5.11. The molecule has 0 saturated heterocycles. The van der Waals surface area contributed by atoms with E-state index in [1.165, 1.54) is 17.1 Å². The molecular formula is C13H9BrN4O2. The Morgan fingerprint density at radius 2 is 2.20 bits per heavy atom. The van der Waals surface area contributed by atoms with Crippen LogP contribution in [-0.4, -0.2) is 19.7 Å². The van der Waals surface area contributed by atoms with E-state index < -0.39 is 4.92 Å². The van der Waals surface area contributed by atoms with Crippen LogP contribution < -0.4 is 0 Å². The standard InChI is InChI=1S/C13H9BrN4O2/c14-12-4-3-9(13-11(12)2-1-5-15-13)7-17-8-10(6-16-17)18(19)20/h1-6,8H,7H2. The molecule has 0 aliphatic carbocycles. The third-order valence-electron chi connectivity index (χ3n) is 2.96. The van der Waals surface area contributed by atoms with Crippen LogP contribution in [0.25, 0.3) is 10.9 Å². The lowest BCUT2D eigenvalue weighted by molar-refractivity contribution is -0.385. The summed E-state index contributed by atoms with van der Waals surface area (Å²) in [4.78, 5) is 14.6. The van der Waals surface area contributed by atoms with Crippen LogP contribution in [0.15, 0.2) is 47.3 Å². The van der Waals surface area contributed by atoms with Crippen molar-refractivity contribution in [3.8, 4) is 0 Å². The van der Waals surface area contributed by atoms with Gasteiger partial charge in [0.05, 0.1) is 17.0 Å². The maximum Gasteiger partial charge on any atom is 0.307 e. The first-order valence-electron chi connectivity index (χ1n) is 5.84. The number of hydrogen-bond acceptors (Lipinski definition) is 4. The summed E-state index contributed by atoms with van der Waals surface area (Å²) < 4.78 is 2.51. The van der Waals surface area contributed by atoms with E-state index in [9.17, 15) is 10.1 Å². The van der Waals surface area contributed by atoms with Crippen molar-refractivity contribution < 1.29 is 4.92 Å². The second kappa shape index (κ2) is 5.01. The monoisotopic (exact) mass is 332 g/mol. The number of benzene rings is 1. The van der Waals surface area contributed by atoms with Gasteiger partial charge in [-0.3, -0.25) is 19.8 Å². The van der Waals surface area contributed by atoms with Crippen LogP contribution in [-0.2, 0) is 6.54 Å². The third-order valence-corrected chi connectivity index (χ3v) is 3.65. The average Bonchev–Trinajstić information content (AvgIpc) is 2.91. The van der Waals surface area contributed by atoms with Crippen LogP contribution in [0, 0.1) is 10.1 Å². The molecule has 0 amide bonds. The van der Waals surface area contributed by atoms with Gasteiger partial charge in [0.25, 0.3) is 0 Å². The largest absolute Gasteiger partial charge is 0.307 e. The molecule has 0 saturated carbocycles. The molecule has 0 aliphatic rings. The lowest BCUT2D eigenvalue weighted by Gasteiger charge is -2.07. The molecule has 6 nitrogen and oxygen atoms in total. The Labute approximate surface area is 122 Å². The Kier molecular flexibility index (Phi) is 3.19. The van der Waals surface area contributed by atoms with E-state index in [1.54, 1.807) is 6.20 Å². The van der Waals surface area contributed by atoms with Crippen molar-refractivity contribution in [2.45, 2.75) is 6.54 Å². The van der Waals surface area contributed by atoms with Crippen molar-refractivity contribution in [2.75, 3.05) is 0 Å². The van der Waals surface area contributed by atoms with Gasteiger partial charge in [0.2, 0.25) is 0 Å². The number of aromatic nitrogens is 3. The van der Waals surface area contributed by atoms with Crippen molar-refractivity contribution in [1.82, 2.24) is 14.8 Å². The van der Waals surface area contributed by atoms with Crippen molar-refractivity contribution >= 4 is 32.5 Å². The lowest BCUT2D eigenvalue weighted by Crippen LogP contribution is -2.01. The van der Waals surface area contributed by atoms with E-state index in [1.807, 2.05) is 24.3 Å². The predicted octanol–water partition coefficient (Wildman–Crippen LogP) is 3.15. The fourth-order valence-corrected chi connectivity index (χ4v) is 2.48. The molecule has 0 atom stereocenters. The predicted molar refractivity (Wildman–Crippen MR) is 77.4 cm³/mol. The topological polar surface area (TPSA) is 73.8 Å². The molecule has 3 aromatic rings. The van der Waals surface area contributed by atoms with Gasteiger partial charge < -0.3 is 0 Å². The molecule has 0 unspecified atom stereocenters. The highest BCUT2D eigenvalue weighted by Crippen LogP contribution is 2.25. The van der Waals surface area contributed by atoms with Gasteiger partial charge in [-0.2, -0.15) is 5.10 Å². The van der Waals surface area contributed by atoms with Crippen LogP contribution >= 0.6 is 15.9 Å². The normalized spacial score (nSPS) is 10.8. The average molecular weight is 333 g/mol. The molecule has 0 aliphatic heterocycles. The number of pyridine rings is 1. The van der Waals surface area contributed by atoms with Gasteiger partial charge in [0.1, 0.15) is 12.4 Å². The first-order valence-corrected chi connectivity index (χ1v) is 6.63. The molecular weight excluding hydrogens is 324 g/mol. The molecule has 0 fully saturated rings. The zero-order chi connectivity index (χ0) is 14.1. The molecule has 0 N–H and O–H groups in total. The maximum atomic E-state index is 10.7. The molecule has 0 spiro atoms. The first-order chi connectivity index (χ1) is 9.65. The fourth-order valence-electron chi connectivity index (χ4n) is 2.03. The molecule has 7 heteroatoms. The van der Waals surface area contributed by atoms with Crippen LogP contribution in [0.5, 0.6) is 0 Å². The highest BCUT2D eigenvalue weighted by atomic mass is 79.9. The summed E-state index contributed by atoms with van der Waals surface area (Å²) in [6.45, 7) is 0.439. The van der Waals surface area contributed by atoms with Gasteiger partial charge in [-0.25, -0.2) is 0 Å². The second-order valence-electron chi connectivity index (χ2n) is 4.26. The summed E-state index contributed by atoms with van der Waals surface area (Å²) in [5, 5.41) is 15.7. The number of rotatable bonds is 3. The lowest BCUT2D eigenvalue weighted by atomic mass is 10.1. The fraction of sp³-hybridized carbons (Fsp3) is 0.0769. The number of nitro groups is 1. The molecule has 3 rings (SSSR count). The number of fused-ring (bicyclic) bond motifs is 1. The molecule has 0 radical (unpaired) electrons. The van der Waals surface area contributed by atoms with Crippen molar-refractivity contribution in [1.29, 1.82) is 0 Å². The van der Waals surface area contributed by atoms with Crippen molar-refractivity contribution in [3.63, 3.8) is 0 Å². The Bertz CT molecular complexity index is 800. The van der Waals surface area contributed by atoms with Gasteiger partial charge >= 0.3 is 5.69 Å². The van der Waals surface area contributed by atoms with E-state index in [-0.39, 0.29) is 5.69 Å². The third kappa shape index (κ3) is 2.27. The highest BCUT2D eigenvalue weighted by molar-refractivity contribution is 9.10. The Morgan fingerprint density at radius 3 is 2.95 bits per heavy atom. The first kappa shape index (κ1) is 12.7. The molecule has 2 aromatic heterocycles. The molecule has 2 heterocycles. The van der Waals surface area contributed by atoms with Crippen molar-refractivity contribution in [3.05, 3.63) is 63.0 Å². The summed E-state index contributed by atoms with van der Waals surface area (Å²) in [5.41, 5.74) is 1.81. The van der Waals surface area contributed by atoms with Crippen molar-refractivity contribution in [2.24, 2.45) is 0 Å². The van der Waals surface area contributed by atoms with E-state index in [4.69, 9.17) is 0 Å². The summed E-state index contributed by atoms with van der Waals surface area (Å²) in [6.07, 6.45) is 4.38. The van der Waals surface area contributed by atoms with Gasteiger partial charge in [-0.05, 0) is 17.7 Å². The van der Waals surface area contributed by atoms with Gasteiger partial charge in [-0.1, -0.05) is 28.1 Å². The number of hydrogen-bond donors (Lipinski definition) is 0. The highest BCUT2D eigenvalue weighted by Gasteiger charge is 2.11. The Morgan fingerprint density at radius 1 is 1.35 bits per heavy atom. The van der Waals surface area contributed by atoms with Crippen LogP contribution in [0.2, 0.25) is 0 Å². The van der Waals surface area contributed by atoms with Gasteiger partial charge in [-0.15, -0.1) is 0 Å². The molecule has 0 bridgehead atoms. The Balaban J connectivity index is 2.02. The SMILES string of the molecule is O=[N+]([O-])c1cnn(Cc2ccc(Br)c3cccnc23)c1. The van der Waals surface area contributed by atoms with Gasteiger partial charge in [0, 0.05) is 16.1 Å². The summed E-state index contributed by atoms with van der Waals surface area (Å²) in [6, 6.07) is 7.72. The summed E-state index contributed by atoms with van der Waals surface area (Å²) in [5.74, 6) is 0. The van der Waals surface area contributed by atoms with Gasteiger partial charge in [0.15, 0.2) is 0 Å². The maximum absolute atomic E-state index is 10.7. The van der Waals surface area contributed by atoms with Crippen LogP contribution in [0.4, 0.5) is 5.69 Å². The zero-order valence-electron chi connectivity index (χ0n) is 10.2. The van der Waals surface area contributed by atoms with Crippen LogP contribution in [0.1, 0.15) is 5.56 Å². The Hall–Kier alpha value is -2.28. The van der Waals surface area contributed by atoms with E-state index in [0.717, 1.165) is 20.9 Å². The van der Waals surface area contributed by atoms with E-state index >= 15 is 0 Å². The van der Waals surface area contributed by atoms with E-state index in [2.05, 4.69) is 26.0 Å². The van der Waals surface area contributed by atoms with E-state index in [0.29, 0.717) is 6.54 Å². The molecule has 100 valence electrons. The summed E-state index contributed by atoms with van der Waals surface area (Å²) >= 11 is 3.49. The number of nitrogens with zero attached hydrogens (tertiary/aromatic N) is 4. The summed E-state index contributed by atoms with van der Waals surface area (Å²) in [7, 11) is 0. The quantitative estimate of drug-likeness (QED) is 0.545. The van der Waals surface area contributed by atoms with Crippen LogP contribution in [0.3, 0.4) is 0 Å². The number of halogens is 1. The smallest absolute Gasteiger partial charge is 0.261 e. The minimum absolute atomic E-state index is 0.0145. The molecule has 1 aromatic carbocycles.